The maximum Gasteiger partial charge on any atom is 0.416 e. The number of rotatable bonds is 1. The summed E-state index contributed by atoms with van der Waals surface area (Å²) in [4.78, 5) is 11.5. The molecule has 0 heterocycles. The highest BCUT2D eigenvalue weighted by molar-refractivity contribution is 5.89. The number of hydrogen-bond acceptors (Lipinski definition) is 2. The number of halogens is 3. The third-order valence-corrected chi connectivity index (χ3v) is 1.85. The highest BCUT2D eigenvalue weighted by atomic mass is 19.4. The molecule has 0 N–H and O–H groups in total. The van der Waals surface area contributed by atoms with Gasteiger partial charge in [0, 0.05) is 0 Å². The zero-order valence-corrected chi connectivity index (χ0v) is 9.76. The van der Waals surface area contributed by atoms with Crippen LogP contribution in [0.2, 0.25) is 0 Å². The lowest BCUT2D eigenvalue weighted by molar-refractivity contribution is -0.137. The molecule has 0 atom stereocenters. The molecule has 1 aromatic rings. The Hall–Kier alpha value is -1.52. The van der Waals surface area contributed by atoms with Gasteiger partial charge in [-0.05, 0) is 45.0 Å². The molecule has 0 aromatic heterocycles. The van der Waals surface area contributed by atoms with E-state index in [-0.39, 0.29) is 5.56 Å². The number of ether oxygens (including phenoxy) is 1. The minimum absolute atomic E-state index is 0.105. The molecule has 0 amide bonds. The van der Waals surface area contributed by atoms with E-state index in [9.17, 15) is 18.0 Å². The predicted molar refractivity (Wildman–Crippen MR) is 56.6 cm³/mol. The van der Waals surface area contributed by atoms with E-state index in [0.29, 0.717) is 0 Å². The Morgan fingerprint density at radius 2 is 1.53 bits per heavy atom. The zero-order valence-electron chi connectivity index (χ0n) is 9.76. The third kappa shape index (κ3) is 4.09. The van der Waals surface area contributed by atoms with Gasteiger partial charge >= 0.3 is 12.1 Å². The second kappa shape index (κ2) is 4.39. The van der Waals surface area contributed by atoms with Gasteiger partial charge in [-0.2, -0.15) is 13.2 Å². The monoisotopic (exact) mass is 246 g/mol. The van der Waals surface area contributed by atoms with E-state index >= 15 is 0 Å². The van der Waals surface area contributed by atoms with E-state index in [4.69, 9.17) is 4.74 Å². The number of esters is 1. The molecule has 2 nitrogen and oxygen atoms in total. The Kier molecular flexibility index (Phi) is 3.50. The molecule has 0 spiro atoms. The smallest absolute Gasteiger partial charge is 0.416 e. The van der Waals surface area contributed by atoms with Gasteiger partial charge in [0.25, 0.3) is 0 Å². The van der Waals surface area contributed by atoms with Crippen LogP contribution in [0.1, 0.15) is 36.7 Å². The Labute approximate surface area is 97.4 Å². The van der Waals surface area contributed by atoms with Crippen LogP contribution in [0.15, 0.2) is 24.3 Å². The average molecular weight is 246 g/mol. The van der Waals surface area contributed by atoms with Crippen molar-refractivity contribution in [2.75, 3.05) is 0 Å². The van der Waals surface area contributed by atoms with Gasteiger partial charge in [0.2, 0.25) is 0 Å². The summed E-state index contributed by atoms with van der Waals surface area (Å²) in [6.45, 7) is 5.07. The van der Waals surface area contributed by atoms with Crippen molar-refractivity contribution in [3.63, 3.8) is 0 Å². The second-order valence-electron chi connectivity index (χ2n) is 4.58. The van der Waals surface area contributed by atoms with E-state index in [1.165, 1.54) is 0 Å². The number of carbonyl (C=O) groups excluding carboxylic acids is 1. The molecule has 0 bridgehead atoms. The van der Waals surface area contributed by atoms with Crippen molar-refractivity contribution in [3.8, 4) is 0 Å². The van der Waals surface area contributed by atoms with Crippen LogP contribution in [0.25, 0.3) is 0 Å². The van der Waals surface area contributed by atoms with Crippen LogP contribution in [-0.4, -0.2) is 11.6 Å². The van der Waals surface area contributed by atoms with Gasteiger partial charge in [0.1, 0.15) is 5.60 Å². The van der Waals surface area contributed by atoms with Crippen molar-refractivity contribution >= 4 is 5.97 Å². The van der Waals surface area contributed by atoms with Gasteiger partial charge < -0.3 is 4.74 Å². The largest absolute Gasteiger partial charge is 0.456 e. The fourth-order valence-corrected chi connectivity index (χ4v) is 1.13. The van der Waals surface area contributed by atoms with Gasteiger partial charge in [0.05, 0.1) is 11.1 Å². The molecule has 0 aliphatic carbocycles. The first-order valence-electron chi connectivity index (χ1n) is 5.00. The Bertz CT molecular complexity index is 399. The molecule has 17 heavy (non-hydrogen) atoms. The topological polar surface area (TPSA) is 26.3 Å². The van der Waals surface area contributed by atoms with Crippen LogP contribution >= 0.6 is 0 Å². The Balaban J connectivity index is 2.85. The van der Waals surface area contributed by atoms with Crippen molar-refractivity contribution < 1.29 is 22.7 Å². The molecule has 0 saturated heterocycles. The summed E-state index contributed by atoms with van der Waals surface area (Å²) < 4.78 is 41.9. The van der Waals surface area contributed by atoms with Crippen LogP contribution in [-0.2, 0) is 10.9 Å². The first-order valence-corrected chi connectivity index (χ1v) is 5.00. The van der Waals surface area contributed by atoms with E-state index < -0.39 is 23.3 Å². The minimum atomic E-state index is -4.40. The summed E-state index contributed by atoms with van der Waals surface area (Å²) in [6.07, 6.45) is -4.40. The van der Waals surface area contributed by atoms with Crippen molar-refractivity contribution in [1.82, 2.24) is 0 Å². The summed E-state index contributed by atoms with van der Waals surface area (Å²) in [5, 5.41) is 0. The molecule has 5 heteroatoms. The van der Waals surface area contributed by atoms with Crippen molar-refractivity contribution in [1.29, 1.82) is 0 Å². The molecule has 1 rings (SSSR count). The fourth-order valence-electron chi connectivity index (χ4n) is 1.13. The zero-order chi connectivity index (χ0) is 13.3. The fraction of sp³-hybridized carbons (Fsp3) is 0.417. The lowest BCUT2D eigenvalue weighted by Crippen LogP contribution is -2.23. The van der Waals surface area contributed by atoms with Gasteiger partial charge in [-0.3, -0.25) is 0 Å². The summed E-state index contributed by atoms with van der Waals surface area (Å²) in [5.41, 5.74) is -1.35. The molecule has 1 aromatic carbocycles. The van der Waals surface area contributed by atoms with Crippen LogP contribution < -0.4 is 0 Å². The number of hydrogen-bond donors (Lipinski definition) is 0. The van der Waals surface area contributed by atoms with Gasteiger partial charge in [-0.25, -0.2) is 4.79 Å². The van der Waals surface area contributed by atoms with E-state index in [2.05, 4.69) is 0 Å². The van der Waals surface area contributed by atoms with E-state index in [1.807, 2.05) is 0 Å². The van der Waals surface area contributed by atoms with Crippen molar-refractivity contribution in [2.24, 2.45) is 0 Å². The normalized spacial score (nSPS) is 12.4. The molecule has 0 aliphatic heterocycles. The first-order chi connectivity index (χ1) is 7.59. The van der Waals surface area contributed by atoms with Gasteiger partial charge in [-0.1, -0.05) is 0 Å². The lowest BCUT2D eigenvalue weighted by Gasteiger charge is -2.19. The molecule has 0 unspecified atom stereocenters. The molecule has 0 saturated carbocycles. The minimum Gasteiger partial charge on any atom is -0.456 e. The molecular weight excluding hydrogens is 233 g/mol. The summed E-state index contributed by atoms with van der Waals surface area (Å²) in [5.74, 6) is -0.633. The molecule has 0 radical (unpaired) electrons. The van der Waals surface area contributed by atoms with E-state index in [0.717, 1.165) is 24.3 Å². The van der Waals surface area contributed by atoms with E-state index in [1.54, 1.807) is 20.8 Å². The van der Waals surface area contributed by atoms with Gasteiger partial charge in [-0.15, -0.1) is 0 Å². The summed E-state index contributed by atoms with van der Waals surface area (Å²) in [6, 6.07) is 3.94. The van der Waals surface area contributed by atoms with Gasteiger partial charge in [0.15, 0.2) is 0 Å². The molecule has 0 aliphatic rings. The summed E-state index contributed by atoms with van der Waals surface area (Å²) in [7, 11) is 0. The molecular formula is C12H13F3O2. The molecule has 94 valence electrons. The number of carbonyl (C=O) groups is 1. The van der Waals surface area contributed by atoms with Crippen LogP contribution in [0, 0.1) is 0 Å². The van der Waals surface area contributed by atoms with Crippen LogP contribution in [0.5, 0.6) is 0 Å². The average Bonchev–Trinajstić information content (AvgIpc) is 2.14. The quantitative estimate of drug-likeness (QED) is 0.707. The third-order valence-electron chi connectivity index (χ3n) is 1.85. The van der Waals surface area contributed by atoms with Crippen LogP contribution in [0.4, 0.5) is 13.2 Å². The standard InChI is InChI=1S/C12H13F3O2/c1-11(2,3)17-10(16)8-4-6-9(7-5-8)12(13,14)15/h4-7H,1-3H3. The highest BCUT2D eigenvalue weighted by Gasteiger charge is 2.30. The lowest BCUT2D eigenvalue weighted by atomic mass is 10.1. The number of benzene rings is 1. The SMILES string of the molecule is CC(C)(C)OC(=O)c1ccc(C(F)(F)F)cc1. The van der Waals surface area contributed by atoms with Crippen molar-refractivity contribution in [3.05, 3.63) is 35.4 Å². The Morgan fingerprint density at radius 3 is 1.88 bits per heavy atom. The maximum atomic E-state index is 12.3. The Morgan fingerprint density at radius 1 is 1.06 bits per heavy atom. The molecule has 0 fully saturated rings. The first kappa shape index (κ1) is 13.5. The summed E-state index contributed by atoms with van der Waals surface area (Å²) >= 11 is 0. The predicted octanol–water partition coefficient (Wildman–Crippen LogP) is 3.66. The van der Waals surface area contributed by atoms with Crippen molar-refractivity contribution in [2.45, 2.75) is 32.5 Å². The number of alkyl halides is 3. The maximum absolute atomic E-state index is 12.3. The van der Waals surface area contributed by atoms with Crippen LogP contribution in [0.3, 0.4) is 0 Å². The highest BCUT2D eigenvalue weighted by Crippen LogP contribution is 2.29. The second-order valence-corrected chi connectivity index (χ2v) is 4.58.